The standard InChI is InChI=1S/C12H15NO2/c14-10-12-3-1-11(2-4-12)9-13-5-7-15-8-6-13/h1,3,9H,2,4-8H2/b11-9-. The molecule has 0 spiro atoms. The molecule has 0 bridgehead atoms. The summed E-state index contributed by atoms with van der Waals surface area (Å²) in [5.41, 5.74) is 2.06. The molecule has 1 fully saturated rings. The Morgan fingerprint density at radius 3 is 2.67 bits per heavy atom. The molecule has 0 aromatic rings. The fourth-order valence-corrected chi connectivity index (χ4v) is 1.79. The molecular weight excluding hydrogens is 190 g/mol. The fraction of sp³-hybridized carbons (Fsp3) is 0.500. The Hall–Kier alpha value is -1.31. The summed E-state index contributed by atoms with van der Waals surface area (Å²) in [5.74, 6) is 1.95. The number of morpholine rings is 1. The van der Waals surface area contributed by atoms with Gasteiger partial charge in [0.1, 0.15) is 5.94 Å². The van der Waals surface area contributed by atoms with Gasteiger partial charge in [0.15, 0.2) is 0 Å². The van der Waals surface area contributed by atoms with Crippen LogP contribution in [0.25, 0.3) is 0 Å². The molecule has 80 valence electrons. The fourth-order valence-electron chi connectivity index (χ4n) is 1.79. The van der Waals surface area contributed by atoms with Crippen LogP contribution >= 0.6 is 0 Å². The van der Waals surface area contributed by atoms with Gasteiger partial charge in [-0.15, -0.1) is 0 Å². The van der Waals surface area contributed by atoms with Crippen LogP contribution in [0.1, 0.15) is 12.8 Å². The summed E-state index contributed by atoms with van der Waals surface area (Å²) in [5, 5.41) is 0. The maximum atomic E-state index is 10.4. The predicted octanol–water partition coefficient (Wildman–Crippen LogP) is 1.31. The Balaban J connectivity index is 1.99. The van der Waals surface area contributed by atoms with E-state index in [0.29, 0.717) is 0 Å². The van der Waals surface area contributed by atoms with Gasteiger partial charge in [0.05, 0.1) is 13.2 Å². The van der Waals surface area contributed by atoms with Gasteiger partial charge in [0, 0.05) is 24.9 Å². The van der Waals surface area contributed by atoms with E-state index in [1.54, 1.807) is 0 Å². The SMILES string of the molecule is O=C=C1C=C/C(=C/N2CCOCC2)CC1. The topological polar surface area (TPSA) is 29.5 Å². The largest absolute Gasteiger partial charge is 0.378 e. The van der Waals surface area contributed by atoms with Crippen LogP contribution in [0.3, 0.4) is 0 Å². The minimum atomic E-state index is 0.772. The van der Waals surface area contributed by atoms with E-state index in [-0.39, 0.29) is 0 Å². The van der Waals surface area contributed by atoms with Crippen LogP contribution in [-0.4, -0.2) is 37.1 Å². The van der Waals surface area contributed by atoms with Crippen LogP contribution in [0, 0.1) is 0 Å². The smallest absolute Gasteiger partial charge is 0.127 e. The minimum absolute atomic E-state index is 0.772. The summed E-state index contributed by atoms with van der Waals surface area (Å²) >= 11 is 0. The van der Waals surface area contributed by atoms with E-state index < -0.39 is 0 Å². The van der Waals surface area contributed by atoms with Crippen molar-refractivity contribution in [3.05, 3.63) is 29.5 Å². The molecule has 2 aliphatic rings. The second-order valence-corrected chi connectivity index (χ2v) is 3.81. The van der Waals surface area contributed by atoms with Crippen LogP contribution in [-0.2, 0) is 9.53 Å². The minimum Gasteiger partial charge on any atom is -0.378 e. The molecule has 3 nitrogen and oxygen atoms in total. The molecule has 0 N–H and O–H groups in total. The summed E-state index contributed by atoms with van der Waals surface area (Å²) in [6.07, 6.45) is 7.82. The second-order valence-electron chi connectivity index (χ2n) is 3.81. The van der Waals surface area contributed by atoms with E-state index in [0.717, 1.165) is 44.7 Å². The molecule has 1 saturated heterocycles. The average molecular weight is 205 g/mol. The maximum Gasteiger partial charge on any atom is 0.127 e. The summed E-state index contributed by atoms with van der Waals surface area (Å²) in [7, 11) is 0. The van der Waals surface area contributed by atoms with E-state index in [4.69, 9.17) is 4.74 Å². The van der Waals surface area contributed by atoms with Crippen molar-refractivity contribution < 1.29 is 9.53 Å². The molecule has 0 atom stereocenters. The number of hydrogen-bond donors (Lipinski definition) is 0. The number of nitrogens with zero attached hydrogens (tertiary/aromatic N) is 1. The first-order valence-electron chi connectivity index (χ1n) is 5.33. The van der Waals surface area contributed by atoms with Crippen LogP contribution in [0.15, 0.2) is 29.5 Å². The zero-order valence-electron chi connectivity index (χ0n) is 8.74. The molecular formula is C12H15NO2. The van der Waals surface area contributed by atoms with E-state index in [2.05, 4.69) is 11.1 Å². The molecule has 0 amide bonds. The highest BCUT2D eigenvalue weighted by molar-refractivity contribution is 5.59. The maximum absolute atomic E-state index is 10.4. The van der Waals surface area contributed by atoms with Gasteiger partial charge < -0.3 is 9.64 Å². The van der Waals surface area contributed by atoms with Gasteiger partial charge in [-0.2, -0.15) is 0 Å². The molecule has 15 heavy (non-hydrogen) atoms. The van der Waals surface area contributed by atoms with Crippen molar-refractivity contribution in [3.8, 4) is 0 Å². The second kappa shape index (κ2) is 4.96. The van der Waals surface area contributed by atoms with Crippen molar-refractivity contribution in [2.45, 2.75) is 12.8 Å². The third-order valence-corrected chi connectivity index (χ3v) is 2.71. The quantitative estimate of drug-likeness (QED) is 0.604. The van der Waals surface area contributed by atoms with Gasteiger partial charge in [0.2, 0.25) is 0 Å². The van der Waals surface area contributed by atoms with Crippen molar-refractivity contribution in [3.63, 3.8) is 0 Å². The Kier molecular flexibility index (Phi) is 3.38. The van der Waals surface area contributed by atoms with Crippen molar-refractivity contribution in [2.75, 3.05) is 26.3 Å². The Bertz CT molecular complexity index is 332. The van der Waals surface area contributed by atoms with Crippen LogP contribution in [0.2, 0.25) is 0 Å². The molecule has 2 rings (SSSR count). The third kappa shape index (κ3) is 2.82. The van der Waals surface area contributed by atoms with Crippen LogP contribution in [0.5, 0.6) is 0 Å². The average Bonchev–Trinajstić information content (AvgIpc) is 2.31. The molecule has 0 saturated carbocycles. The van der Waals surface area contributed by atoms with Crippen molar-refractivity contribution in [1.29, 1.82) is 0 Å². The number of ether oxygens (including phenoxy) is 1. The van der Waals surface area contributed by atoms with E-state index in [1.807, 2.05) is 18.1 Å². The van der Waals surface area contributed by atoms with Gasteiger partial charge in [0.25, 0.3) is 0 Å². The van der Waals surface area contributed by atoms with Gasteiger partial charge >= 0.3 is 0 Å². The lowest BCUT2D eigenvalue weighted by molar-refractivity contribution is 0.0590. The first kappa shape index (κ1) is 10.2. The first-order chi connectivity index (χ1) is 7.38. The highest BCUT2D eigenvalue weighted by Crippen LogP contribution is 2.19. The summed E-state index contributed by atoms with van der Waals surface area (Å²) < 4.78 is 5.28. The summed E-state index contributed by atoms with van der Waals surface area (Å²) in [4.78, 5) is 12.7. The third-order valence-electron chi connectivity index (χ3n) is 2.71. The van der Waals surface area contributed by atoms with Gasteiger partial charge in [-0.25, -0.2) is 4.79 Å². The lowest BCUT2D eigenvalue weighted by atomic mass is 9.99. The normalized spacial score (nSPS) is 24.4. The molecule has 0 unspecified atom stereocenters. The molecule has 0 aromatic carbocycles. The monoisotopic (exact) mass is 205 g/mol. The number of rotatable bonds is 1. The van der Waals surface area contributed by atoms with Crippen molar-refractivity contribution >= 4 is 5.94 Å². The summed E-state index contributed by atoms with van der Waals surface area (Å²) in [6, 6.07) is 0. The van der Waals surface area contributed by atoms with E-state index in [9.17, 15) is 4.79 Å². The zero-order valence-corrected chi connectivity index (χ0v) is 8.74. The predicted molar refractivity (Wildman–Crippen MR) is 58.1 cm³/mol. The number of hydrogen-bond acceptors (Lipinski definition) is 3. The van der Waals surface area contributed by atoms with Gasteiger partial charge in [-0.3, -0.25) is 0 Å². The summed E-state index contributed by atoms with van der Waals surface area (Å²) in [6.45, 7) is 3.56. The number of allylic oxidation sites excluding steroid dienone is 4. The van der Waals surface area contributed by atoms with Gasteiger partial charge in [-0.05, 0) is 24.5 Å². The molecule has 1 aliphatic carbocycles. The van der Waals surface area contributed by atoms with Crippen LogP contribution < -0.4 is 0 Å². The first-order valence-corrected chi connectivity index (χ1v) is 5.33. The van der Waals surface area contributed by atoms with Crippen molar-refractivity contribution in [2.24, 2.45) is 0 Å². The highest BCUT2D eigenvalue weighted by atomic mass is 16.5. The Labute approximate surface area is 89.7 Å². The van der Waals surface area contributed by atoms with Gasteiger partial charge in [-0.1, -0.05) is 6.08 Å². The molecule has 1 aliphatic heterocycles. The van der Waals surface area contributed by atoms with Crippen LogP contribution in [0.4, 0.5) is 0 Å². The Morgan fingerprint density at radius 2 is 2.07 bits per heavy atom. The van der Waals surface area contributed by atoms with Crippen molar-refractivity contribution in [1.82, 2.24) is 4.90 Å². The molecule has 1 heterocycles. The zero-order chi connectivity index (χ0) is 10.5. The Morgan fingerprint density at radius 1 is 1.27 bits per heavy atom. The van der Waals surface area contributed by atoms with E-state index >= 15 is 0 Å². The van der Waals surface area contributed by atoms with E-state index in [1.165, 1.54) is 5.57 Å². The molecule has 0 radical (unpaired) electrons. The lowest BCUT2D eigenvalue weighted by Crippen LogP contribution is -2.32. The number of carbonyl (C=O) groups excluding carboxylic acids is 1. The highest BCUT2D eigenvalue weighted by Gasteiger charge is 2.09. The molecule has 3 heteroatoms. The molecule has 0 aromatic heterocycles. The lowest BCUT2D eigenvalue weighted by Gasteiger charge is -2.26.